The highest BCUT2D eigenvalue weighted by molar-refractivity contribution is 5.75. The zero-order valence-electron chi connectivity index (χ0n) is 9.24. The van der Waals surface area contributed by atoms with E-state index in [-0.39, 0.29) is 11.4 Å². The molecule has 0 aromatic carbocycles. The molecule has 78 valence electrons. The molecule has 0 saturated heterocycles. The highest BCUT2D eigenvalue weighted by Crippen LogP contribution is 1.97. The first-order chi connectivity index (χ1) is 5.95. The van der Waals surface area contributed by atoms with E-state index in [9.17, 15) is 4.79 Å². The van der Waals surface area contributed by atoms with Gasteiger partial charge in [0.05, 0.1) is 0 Å². The van der Waals surface area contributed by atoms with E-state index in [0.29, 0.717) is 6.42 Å². The van der Waals surface area contributed by atoms with Gasteiger partial charge in [-0.2, -0.15) is 0 Å². The Hall–Kier alpha value is -0.570. The van der Waals surface area contributed by atoms with Crippen LogP contribution in [0.1, 0.15) is 40.5 Å². The molecule has 13 heavy (non-hydrogen) atoms. The summed E-state index contributed by atoms with van der Waals surface area (Å²) >= 11 is 0. The van der Waals surface area contributed by atoms with E-state index in [1.54, 1.807) is 0 Å². The van der Waals surface area contributed by atoms with Gasteiger partial charge >= 0.3 is 0 Å². The molecule has 0 rings (SSSR count). The third-order valence-electron chi connectivity index (χ3n) is 1.58. The Morgan fingerprint density at radius 3 is 2.31 bits per heavy atom. The molecule has 3 heteroatoms. The normalized spacial score (nSPS) is 11.4. The van der Waals surface area contributed by atoms with Crippen LogP contribution in [0.2, 0.25) is 0 Å². The summed E-state index contributed by atoms with van der Waals surface area (Å²) in [7, 11) is 0. The molecular formula is C10H22N2O. The number of hydrogen-bond acceptors (Lipinski definition) is 2. The molecule has 0 saturated carbocycles. The molecule has 2 N–H and O–H groups in total. The lowest BCUT2D eigenvalue weighted by Gasteiger charge is -2.20. The maximum atomic E-state index is 11.1. The fourth-order valence-electron chi connectivity index (χ4n) is 0.904. The summed E-state index contributed by atoms with van der Waals surface area (Å²) < 4.78 is 0. The van der Waals surface area contributed by atoms with Crippen LogP contribution in [0.4, 0.5) is 0 Å². The lowest BCUT2D eigenvalue weighted by Crippen LogP contribution is -2.38. The van der Waals surface area contributed by atoms with Crippen LogP contribution in [-0.2, 0) is 4.79 Å². The first kappa shape index (κ1) is 12.4. The summed E-state index contributed by atoms with van der Waals surface area (Å²) in [5.74, 6) is 0.138. The minimum Gasteiger partial charge on any atom is -0.356 e. The first-order valence-electron chi connectivity index (χ1n) is 4.97. The maximum absolute atomic E-state index is 11.1. The smallest absolute Gasteiger partial charge is 0.221 e. The van der Waals surface area contributed by atoms with Gasteiger partial charge in [-0.25, -0.2) is 0 Å². The third kappa shape index (κ3) is 9.34. The van der Waals surface area contributed by atoms with Gasteiger partial charge in [-0.15, -0.1) is 0 Å². The van der Waals surface area contributed by atoms with Gasteiger partial charge in [-0.1, -0.05) is 6.92 Å². The molecule has 0 spiro atoms. The second-order valence-electron chi connectivity index (χ2n) is 4.28. The van der Waals surface area contributed by atoms with Gasteiger partial charge in [0.1, 0.15) is 0 Å². The molecule has 0 bridgehead atoms. The Bertz CT molecular complexity index is 149. The summed E-state index contributed by atoms with van der Waals surface area (Å²) in [5, 5.41) is 6.11. The predicted octanol–water partition coefficient (Wildman–Crippen LogP) is 1.29. The van der Waals surface area contributed by atoms with Crippen LogP contribution < -0.4 is 10.6 Å². The molecule has 0 fully saturated rings. The van der Waals surface area contributed by atoms with Crippen molar-refractivity contribution in [1.29, 1.82) is 0 Å². The van der Waals surface area contributed by atoms with Crippen LogP contribution >= 0.6 is 0 Å². The number of carbonyl (C=O) groups excluding carboxylic acids is 1. The van der Waals surface area contributed by atoms with Crippen molar-refractivity contribution in [2.45, 2.75) is 46.1 Å². The minimum absolute atomic E-state index is 0.102. The predicted molar refractivity (Wildman–Crippen MR) is 55.7 cm³/mol. The van der Waals surface area contributed by atoms with Crippen LogP contribution in [0.5, 0.6) is 0 Å². The number of carbonyl (C=O) groups is 1. The molecule has 0 radical (unpaired) electrons. The monoisotopic (exact) mass is 186 g/mol. The van der Waals surface area contributed by atoms with Crippen LogP contribution in [-0.4, -0.2) is 24.5 Å². The Morgan fingerprint density at radius 1 is 1.23 bits per heavy atom. The van der Waals surface area contributed by atoms with Gasteiger partial charge < -0.3 is 10.6 Å². The van der Waals surface area contributed by atoms with Gasteiger partial charge in [0, 0.05) is 25.0 Å². The standard InChI is InChI=1S/C10H22N2O/c1-5-7-11-9(13)6-8-12-10(2,3)4/h12H,5-8H2,1-4H3,(H,11,13). The zero-order chi connectivity index (χ0) is 10.3. The van der Waals surface area contributed by atoms with E-state index < -0.39 is 0 Å². The topological polar surface area (TPSA) is 41.1 Å². The van der Waals surface area contributed by atoms with E-state index in [2.05, 4.69) is 31.4 Å². The summed E-state index contributed by atoms with van der Waals surface area (Å²) in [5.41, 5.74) is 0.102. The summed E-state index contributed by atoms with van der Waals surface area (Å²) in [6.45, 7) is 9.87. The van der Waals surface area contributed by atoms with E-state index >= 15 is 0 Å². The van der Waals surface area contributed by atoms with Crippen molar-refractivity contribution in [3.8, 4) is 0 Å². The van der Waals surface area contributed by atoms with E-state index in [4.69, 9.17) is 0 Å². The van der Waals surface area contributed by atoms with Crippen LogP contribution in [0.3, 0.4) is 0 Å². The van der Waals surface area contributed by atoms with E-state index in [0.717, 1.165) is 19.5 Å². The van der Waals surface area contributed by atoms with Crippen molar-refractivity contribution >= 4 is 5.91 Å². The molecular weight excluding hydrogens is 164 g/mol. The Morgan fingerprint density at radius 2 is 1.85 bits per heavy atom. The average molecular weight is 186 g/mol. The fraction of sp³-hybridized carbons (Fsp3) is 0.900. The van der Waals surface area contributed by atoms with Crippen molar-refractivity contribution in [2.75, 3.05) is 13.1 Å². The van der Waals surface area contributed by atoms with E-state index in [1.807, 2.05) is 6.92 Å². The zero-order valence-corrected chi connectivity index (χ0v) is 9.24. The van der Waals surface area contributed by atoms with Crippen molar-refractivity contribution in [2.24, 2.45) is 0 Å². The average Bonchev–Trinajstić information content (AvgIpc) is 1.98. The lowest BCUT2D eigenvalue weighted by atomic mass is 10.1. The number of nitrogens with one attached hydrogen (secondary N) is 2. The van der Waals surface area contributed by atoms with Crippen LogP contribution in [0.15, 0.2) is 0 Å². The Balaban J connectivity index is 3.37. The molecule has 0 aromatic rings. The largest absolute Gasteiger partial charge is 0.356 e. The van der Waals surface area contributed by atoms with Crippen molar-refractivity contribution < 1.29 is 4.79 Å². The second kappa shape index (κ2) is 5.97. The lowest BCUT2D eigenvalue weighted by molar-refractivity contribution is -0.121. The number of rotatable bonds is 5. The molecule has 3 nitrogen and oxygen atoms in total. The minimum atomic E-state index is 0.102. The van der Waals surface area contributed by atoms with Gasteiger partial charge in [0.15, 0.2) is 0 Å². The fourth-order valence-corrected chi connectivity index (χ4v) is 0.904. The Kier molecular flexibility index (Phi) is 5.71. The quantitative estimate of drug-likeness (QED) is 0.679. The maximum Gasteiger partial charge on any atom is 0.221 e. The summed E-state index contributed by atoms with van der Waals surface area (Å²) in [4.78, 5) is 11.1. The second-order valence-corrected chi connectivity index (χ2v) is 4.28. The van der Waals surface area contributed by atoms with Crippen molar-refractivity contribution in [3.63, 3.8) is 0 Å². The molecule has 0 heterocycles. The van der Waals surface area contributed by atoms with Crippen molar-refractivity contribution in [1.82, 2.24) is 10.6 Å². The molecule has 0 unspecified atom stereocenters. The van der Waals surface area contributed by atoms with Crippen LogP contribution in [0.25, 0.3) is 0 Å². The van der Waals surface area contributed by atoms with Gasteiger partial charge in [-0.3, -0.25) is 4.79 Å². The number of hydrogen-bond donors (Lipinski definition) is 2. The third-order valence-corrected chi connectivity index (χ3v) is 1.58. The first-order valence-corrected chi connectivity index (χ1v) is 4.97. The van der Waals surface area contributed by atoms with E-state index in [1.165, 1.54) is 0 Å². The summed E-state index contributed by atoms with van der Waals surface area (Å²) in [6, 6.07) is 0. The highest BCUT2D eigenvalue weighted by Gasteiger charge is 2.08. The number of amides is 1. The van der Waals surface area contributed by atoms with Crippen molar-refractivity contribution in [3.05, 3.63) is 0 Å². The molecule has 1 amide bonds. The van der Waals surface area contributed by atoms with Gasteiger partial charge in [0.25, 0.3) is 0 Å². The molecule has 0 aromatic heterocycles. The molecule has 0 aliphatic carbocycles. The molecule has 0 atom stereocenters. The SMILES string of the molecule is CCCNC(=O)CCNC(C)(C)C. The summed E-state index contributed by atoms with van der Waals surface area (Å²) in [6.07, 6.45) is 1.57. The highest BCUT2D eigenvalue weighted by atomic mass is 16.1. The van der Waals surface area contributed by atoms with Gasteiger partial charge in [0.2, 0.25) is 5.91 Å². The van der Waals surface area contributed by atoms with Gasteiger partial charge in [-0.05, 0) is 27.2 Å². The van der Waals surface area contributed by atoms with Crippen LogP contribution in [0, 0.1) is 0 Å². The molecule has 0 aliphatic rings. The Labute approximate surface area is 81.3 Å². The molecule has 0 aliphatic heterocycles.